The normalized spacial score (nSPS) is 29.1. The highest BCUT2D eigenvalue weighted by atomic mass is 32.1. The Morgan fingerprint density at radius 1 is 1.25 bits per heavy atom. The van der Waals surface area contributed by atoms with E-state index in [0.29, 0.717) is 6.04 Å². The molecule has 4 heteroatoms. The van der Waals surface area contributed by atoms with Crippen LogP contribution in [0.2, 0.25) is 0 Å². The van der Waals surface area contributed by atoms with Gasteiger partial charge in [0.15, 0.2) is 5.11 Å². The summed E-state index contributed by atoms with van der Waals surface area (Å²) in [5.74, 6) is 1.60. The molecule has 1 heterocycles. The van der Waals surface area contributed by atoms with Crippen molar-refractivity contribution in [3.8, 4) is 0 Å². The first-order chi connectivity index (χ1) is 9.76. The molecule has 0 amide bonds. The van der Waals surface area contributed by atoms with Gasteiger partial charge in [0.1, 0.15) is 0 Å². The summed E-state index contributed by atoms with van der Waals surface area (Å²) in [6, 6.07) is 11.3. The zero-order valence-electron chi connectivity index (χ0n) is 12.0. The highest BCUT2D eigenvalue weighted by Crippen LogP contribution is 2.38. The number of likely N-dealkylation sites (tertiary alicyclic amines) is 1. The number of nitrogens with zero attached hydrogens (tertiary/aromatic N) is 1. The average Bonchev–Trinajstić information content (AvgIpc) is 3.01. The molecule has 0 aromatic heterocycles. The minimum Gasteiger partial charge on any atom is -0.366 e. The molecule has 3 nitrogen and oxygen atoms in total. The molecule has 0 spiro atoms. The Bertz CT molecular complexity index is 462. The summed E-state index contributed by atoms with van der Waals surface area (Å²) < 4.78 is 0. The first kappa shape index (κ1) is 13.8. The Labute approximate surface area is 126 Å². The molecule has 0 bridgehead atoms. The van der Waals surface area contributed by atoms with Gasteiger partial charge >= 0.3 is 0 Å². The lowest BCUT2D eigenvalue weighted by Gasteiger charge is -2.22. The van der Waals surface area contributed by atoms with Crippen molar-refractivity contribution in [1.82, 2.24) is 15.5 Å². The monoisotopic (exact) mass is 289 g/mol. The van der Waals surface area contributed by atoms with E-state index >= 15 is 0 Å². The third kappa shape index (κ3) is 2.96. The predicted octanol–water partition coefficient (Wildman–Crippen LogP) is 1.99. The summed E-state index contributed by atoms with van der Waals surface area (Å²) in [5.41, 5.74) is 1.42. The van der Waals surface area contributed by atoms with Crippen LogP contribution in [0.5, 0.6) is 0 Å². The van der Waals surface area contributed by atoms with Crippen LogP contribution in [0.25, 0.3) is 0 Å². The van der Waals surface area contributed by atoms with Gasteiger partial charge in [-0.1, -0.05) is 30.3 Å². The van der Waals surface area contributed by atoms with Crippen molar-refractivity contribution >= 4 is 17.3 Å². The van der Waals surface area contributed by atoms with Crippen LogP contribution in [0.1, 0.15) is 18.4 Å². The molecule has 1 aliphatic heterocycles. The quantitative estimate of drug-likeness (QED) is 0.832. The summed E-state index contributed by atoms with van der Waals surface area (Å²) in [5, 5.41) is 7.30. The van der Waals surface area contributed by atoms with Gasteiger partial charge < -0.3 is 10.6 Å². The maximum Gasteiger partial charge on any atom is 0.166 e. The molecular formula is C16H23N3S. The molecule has 0 radical (unpaired) electrons. The van der Waals surface area contributed by atoms with Crippen LogP contribution in [0.4, 0.5) is 0 Å². The SMILES string of the molecule is CNC(=S)NC1CCC2CN(Cc3ccccc3)CC21. The van der Waals surface area contributed by atoms with Crippen LogP contribution in [0.3, 0.4) is 0 Å². The molecular weight excluding hydrogens is 266 g/mol. The number of hydrogen-bond donors (Lipinski definition) is 2. The van der Waals surface area contributed by atoms with E-state index < -0.39 is 0 Å². The molecule has 3 atom stereocenters. The van der Waals surface area contributed by atoms with Crippen molar-refractivity contribution < 1.29 is 0 Å². The van der Waals surface area contributed by atoms with Crippen LogP contribution in [-0.4, -0.2) is 36.2 Å². The minimum atomic E-state index is 0.556. The van der Waals surface area contributed by atoms with Crippen LogP contribution in [-0.2, 0) is 6.54 Å². The fourth-order valence-electron chi connectivity index (χ4n) is 3.75. The molecule has 2 fully saturated rings. The number of benzene rings is 1. The topological polar surface area (TPSA) is 27.3 Å². The van der Waals surface area contributed by atoms with Crippen molar-refractivity contribution in [2.45, 2.75) is 25.4 Å². The lowest BCUT2D eigenvalue weighted by atomic mass is 9.98. The molecule has 1 saturated heterocycles. The number of fused-ring (bicyclic) bond motifs is 1. The van der Waals surface area contributed by atoms with Crippen molar-refractivity contribution in [2.24, 2.45) is 11.8 Å². The summed E-state index contributed by atoms with van der Waals surface area (Å²) in [4.78, 5) is 2.60. The number of rotatable bonds is 3. The highest BCUT2D eigenvalue weighted by molar-refractivity contribution is 7.80. The fourth-order valence-corrected chi connectivity index (χ4v) is 3.90. The van der Waals surface area contributed by atoms with Gasteiger partial charge in [-0.2, -0.15) is 0 Å². The van der Waals surface area contributed by atoms with Gasteiger partial charge in [-0.25, -0.2) is 0 Å². The zero-order chi connectivity index (χ0) is 13.9. The first-order valence-electron chi connectivity index (χ1n) is 7.51. The molecule has 2 N–H and O–H groups in total. The van der Waals surface area contributed by atoms with E-state index in [2.05, 4.69) is 45.9 Å². The number of nitrogens with one attached hydrogen (secondary N) is 2. The Morgan fingerprint density at radius 3 is 2.80 bits per heavy atom. The Kier molecular flexibility index (Phi) is 4.22. The third-order valence-electron chi connectivity index (χ3n) is 4.73. The standard InChI is InChI=1S/C16H23N3S/c1-17-16(20)18-15-8-7-13-10-19(11-14(13)15)9-12-5-3-2-4-6-12/h2-6,13-15H,7-11H2,1H3,(H2,17,18,20). The van der Waals surface area contributed by atoms with E-state index in [4.69, 9.17) is 12.2 Å². The van der Waals surface area contributed by atoms with Crippen molar-refractivity contribution in [3.63, 3.8) is 0 Å². The predicted molar refractivity (Wildman–Crippen MR) is 86.5 cm³/mol. The molecule has 3 rings (SSSR count). The average molecular weight is 289 g/mol. The van der Waals surface area contributed by atoms with Crippen molar-refractivity contribution in [2.75, 3.05) is 20.1 Å². The number of hydrogen-bond acceptors (Lipinski definition) is 2. The molecule has 3 unspecified atom stereocenters. The van der Waals surface area contributed by atoms with Gasteiger partial charge in [0.05, 0.1) is 0 Å². The molecule has 1 saturated carbocycles. The largest absolute Gasteiger partial charge is 0.366 e. The lowest BCUT2D eigenvalue weighted by molar-refractivity contribution is 0.295. The second kappa shape index (κ2) is 6.10. The van der Waals surface area contributed by atoms with E-state index in [1.807, 2.05) is 7.05 Å². The van der Waals surface area contributed by atoms with Crippen LogP contribution in [0.15, 0.2) is 30.3 Å². The van der Waals surface area contributed by atoms with Gasteiger partial charge in [0.25, 0.3) is 0 Å². The second-order valence-electron chi connectivity index (χ2n) is 6.01. The molecule has 108 valence electrons. The van der Waals surface area contributed by atoms with E-state index in [1.54, 1.807) is 0 Å². The summed E-state index contributed by atoms with van der Waals surface area (Å²) in [6.07, 6.45) is 2.59. The first-order valence-corrected chi connectivity index (χ1v) is 7.91. The lowest BCUT2D eigenvalue weighted by Crippen LogP contribution is -2.43. The van der Waals surface area contributed by atoms with Crippen LogP contribution in [0, 0.1) is 11.8 Å². The maximum atomic E-state index is 5.25. The van der Waals surface area contributed by atoms with Gasteiger partial charge in [-0.3, -0.25) is 4.90 Å². The zero-order valence-corrected chi connectivity index (χ0v) is 12.8. The maximum absolute atomic E-state index is 5.25. The Morgan fingerprint density at radius 2 is 2.05 bits per heavy atom. The van der Waals surface area contributed by atoms with Gasteiger partial charge in [-0.05, 0) is 42.5 Å². The van der Waals surface area contributed by atoms with Crippen molar-refractivity contribution in [1.29, 1.82) is 0 Å². The Hall–Kier alpha value is -1.13. The highest BCUT2D eigenvalue weighted by Gasteiger charge is 2.42. The molecule has 1 aromatic rings. The molecule has 1 aliphatic carbocycles. The van der Waals surface area contributed by atoms with Gasteiger partial charge in [-0.15, -0.1) is 0 Å². The van der Waals surface area contributed by atoms with E-state index in [1.165, 1.54) is 31.5 Å². The van der Waals surface area contributed by atoms with Crippen molar-refractivity contribution in [3.05, 3.63) is 35.9 Å². The fraction of sp³-hybridized carbons (Fsp3) is 0.562. The second-order valence-corrected chi connectivity index (χ2v) is 6.42. The third-order valence-corrected chi connectivity index (χ3v) is 5.05. The van der Waals surface area contributed by atoms with Gasteiger partial charge in [0.2, 0.25) is 0 Å². The van der Waals surface area contributed by atoms with Gasteiger partial charge in [0, 0.05) is 32.7 Å². The van der Waals surface area contributed by atoms with E-state index in [9.17, 15) is 0 Å². The van der Waals surface area contributed by atoms with Crippen LogP contribution >= 0.6 is 12.2 Å². The summed E-state index contributed by atoms with van der Waals surface area (Å²) >= 11 is 5.25. The van der Waals surface area contributed by atoms with E-state index in [-0.39, 0.29) is 0 Å². The number of thiocarbonyl (C=S) groups is 1. The molecule has 2 aliphatic rings. The van der Waals surface area contributed by atoms with Crippen LogP contribution < -0.4 is 10.6 Å². The summed E-state index contributed by atoms with van der Waals surface area (Å²) in [6.45, 7) is 3.52. The molecule has 1 aromatic carbocycles. The Balaban J connectivity index is 1.57. The minimum absolute atomic E-state index is 0.556. The summed E-state index contributed by atoms with van der Waals surface area (Å²) in [7, 11) is 1.89. The van der Waals surface area contributed by atoms with E-state index in [0.717, 1.165) is 23.5 Å². The molecule has 20 heavy (non-hydrogen) atoms. The smallest absolute Gasteiger partial charge is 0.166 e.